The van der Waals surface area contributed by atoms with Gasteiger partial charge < -0.3 is 19.7 Å². The quantitative estimate of drug-likeness (QED) is 0.432. The molecule has 0 aromatic carbocycles. The van der Waals surface area contributed by atoms with Gasteiger partial charge in [-0.1, -0.05) is 0 Å². The molecule has 2 fully saturated rings. The summed E-state index contributed by atoms with van der Waals surface area (Å²) in [6.07, 6.45) is -3.11. The van der Waals surface area contributed by atoms with E-state index < -0.39 is 40.0 Å². The van der Waals surface area contributed by atoms with Crippen LogP contribution in [0.25, 0.3) is 0 Å². The van der Waals surface area contributed by atoms with E-state index in [4.69, 9.17) is 14.0 Å². The van der Waals surface area contributed by atoms with Crippen LogP contribution in [0.5, 0.6) is 0 Å². The fourth-order valence-electron chi connectivity index (χ4n) is 1.70. The van der Waals surface area contributed by atoms with Gasteiger partial charge in [0.25, 0.3) is 10.1 Å². The number of fused-ring (bicyclic) bond motifs is 1. The summed E-state index contributed by atoms with van der Waals surface area (Å²) in [6.45, 7) is -0.717. The van der Waals surface area contributed by atoms with E-state index in [1.807, 2.05) is 0 Å². The van der Waals surface area contributed by atoms with Gasteiger partial charge in [0.1, 0.15) is 18.3 Å². The third kappa shape index (κ3) is 1.19. The van der Waals surface area contributed by atoms with Crippen molar-refractivity contribution in [3.63, 3.8) is 0 Å². The second-order valence-corrected chi connectivity index (χ2v) is 5.07. The molecule has 2 rings (SSSR count). The van der Waals surface area contributed by atoms with E-state index in [0.29, 0.717) is 0 Å². The molecular weight excluding hydrogens is 216 g/mol. The number of aliphatic hydroxyl groups is 2. The third-order valence-electron chi connectivity index (χ3n) is 2.50. The Morgan fingerprint density at radius 2 is 2.00 bits per heavy atom. The van der Waals surface area contributed by atoms with Gasteiger partial charge >= 0.3 is 0 Å². The van der Waals surface area contributed by atoms with E-state index in [9.17, 15) is 18.6 Å². The van der Waals surface area contributed by atoms with Crippen molar-refractivity contribution in [2.75, 3.05) is 13.2 Å². The molecule has 0 unspecified atom stereocenters. The van der Waals surface area contributed by atoms with Gasteiger partial charge in [0, 0.05) is 0 Å². The molecule has 0 bridgehead atoms. The van der Waals surface area contributed by atoms with E-state index in [0.717, 1.165) is 0 Å². The van der Waals surface area contributed by atoms with Gasteiger partial charge in [0.15, 0.2) is 0 Å². The molecule has 0 saturated carbocycles. The molecule has 0 radical (unpaired) electrons. The summed E-state index contributed by atoms with van der Waals surface area (Å²) in [5.74, 6) is 0. The van der Waals surface area contributed by atoms with Gasteiger partial charge in [-0.05, 0) is 0 Å². The molecule has 8 heteroatoms. The molecule has 2 aliphatic rings. The first-order valence-corrected chi connectivity index (χ1v) is 5.41. The first-order chi connectivity index (χ1) is 6.36. The van der Waals surface area contributed by atoms with E-state index in [1.165, 1.54) is 0 Å². The second-order valence-electron chi connectivity index (χ2n) is 3.42. The van der Waals surface area contributed by atoms with Crippen LogP contribution in [0.3, 0.4) is 0 Å². The molecule has 82 valence electrons. The highest BCUT2D eigenvalue weighted by Gasteiger charge is 2.62. The third-order valence-corrected chi connectivity index (χ3v) is 3.74. The maximum absolute atomic E-state index is 10.9. The zero-order chi connectivity index (χ0) is 10.6. The molecule has 0 aliphatic carbocycles. The maximum Gasteiger partial charge on any atom is 0.300 e. The molecule has 14 heavy (non-hydrogen) atoms. The van der Waals surface area contributed by atoms with Gasteiger partial charge in [-0.15, -0.1) is 0 Å². The summed E-state index contributed by atoms with van der Waals surface area (Å²) < 4.78 is 40.3. The minimum absolute atomic E-state index is 0.118. The van der Waals surface area contributed by atoms with Crippen LogP contribution in [0, 0.1) is 0 Å². The number of hydrogen-bond donors (Lipinski definition) is 3. The van der Waals surface area contributed by atoms with E-state index in [1.54, 1.807) is 0 Å². The summed E-state index contributed by atoms with van der Waals surface area (Å²) in [5.41, 5.74) is 0. The molecule has 0 spiro atoms. The standard InChI is InChI=1S/C6H10O7S/c7-3-1-12-5-4(3)13-2-6(5,8)14(9,10)11/h3-5,7-8H,1-2H2,(H,9,10,11)/t3-,4-,5+,6-/m1/s1. The van der Waals surface area contributed by atoms with Crippen molar-refractivity contribution in [3.05, 3.63) is 0 Å². The van der Waals surface area contributed by atoms with Crippen LogP contribution >= 0.6 is 0 Å². The fraction of sp³-hybridized carbons (Fsp3) is 1.00. The summed E-state index contributed by atoms with van der Waals surface area (Å²) in [5, 5.41) is 18.9. The van der Waals surface area contributed by atoms with E-state index in [2.05, 4.69) is 0 Å². The van der Waals surface area contributed by atoms with Crippen LogP contribution in [0.15, 0.2) is 0 Å². The Morgan fingerprint density at radius 1 is 1.36 bits per heavy atom. The predicted octanol–water partition coefficient (Wildman–Crippen LogP) is -2.28. The summed E-state index contributed by atoms with van der Waals surface area (Å²) in [6, 6.07) is 0. The first kappa shape index (κ1) is 10.3. The lowest BCUT2D eigenvalue weighted by Crippen LogP contribution is -2.50. The second kappa shape index (κ2) is 2.87. The van der Waals surface area contributed by atoms with Gasteiger partial charge in [-0.2, -0.15) is 8.42 Å². The summed E-state index contributed by atoms with van der Waals surface area (Å²) in [7, 11) is -4.69. The molecule has 2 aliphatic heterocycles. The van der Waals surface area contributed by atoms with Crippen LogP contribution in [0.4, 0.5) is 0 Å². The average Bonchev–Trinajstić information content (AvgIpc) is 2.55. The van der Waals surface area contributed by atoms with E-state index in [-0.39, 0.29) is 6.61 Å². The van der Waals surface area contributed by atoms with Crippen LogP contribution in [0.1, 0.15) is 0 Å². The van der Waals surface area contributed by atoms with Crippen LogP contribution in [0.2, 0.25) is 0 Å². The zero-order valence-corrected chi connectivity index (χ0v) is 7.85. The van der Waals surface area contributed by atoms with Crippen LogP contribution < -0.4 is 0 Å². The molecule has 4 atom stereocenters. The largest absolute Gasteiger partial charge is 0.388 e. The monoisotopic (exact) mass is 226 g/mol. The Hall–Kier alpha value is -0.250. The highest BCUT2D eigenvalue weighted by Crippen LogP contribution is 2.36. The average molecular weight is 226 g/mol. The normalized spacial score (nSPS) is 48.1. The lowest BCUT2D eigenvalue weighted by Gasteiger charge is -2.22. The number of ether oxygens (including phenoxy) is 2. The van der Waals surface area contributed by atoms with Crippen LogP contribution in [-0.4, -0.2) is 59.6 Å². The number of hydrogen-bond acceptors (Lipinski definition) is 6. The molecule has 2 heterocycles. The van der Waals surface area contributed by atoms with Crippen molar-refractivity contribution < 1.29 is 32.7 Å². The van der Waals surface area contributed by atoms with Crippen molar-refractivity contribution in [1.29, 1.82) is 0 Å². The van der Waals surface area contributed by atoms with Crippen molar-refractivity contribution in [3.8, 4) is 0 Å². The maximum atomic E-state index is 10.9. The Labute approximate surface area is 80.0 Å². The smallest absolute Gasteiger partial charge is 0.300 e. The van der Waals surface area contributed by atoms with Crippen molar-refractivity contribution in [1.82, 2.24) is 0 Å². The van der Waals surface area contributed by atoms with Gasteiger partial charge in [-0.3, -0.25) is 4.55 Å². The molecule has 0 amide bonds. The van der Waals surface area contributed by atoms with Crippen LogP contribution in [-0.2, 0) is 19.6 Å². The van der Waals surface area contributed by atoms with Gasteiger partial charge in [0.05, 0.1) is 13.2 Å². The molecule has 2 saturated heterocycles. The SMILES string of the molecule is O=S(=O)(O)[C@]1(O)CO[C@@H]2[C@H](O)CO[C@@H]21. The molecular formula is C6H10O7S. The topological polar surface area (TPSA) is 113 Å². The number of rotatable bonds is 1. The lowest BCUT2D eigenvalue weighted by molar-refractivity contribution is -0.0230. The Kier molecular flexibility index (Phi) is 2.11. The Balaban J connectivity index is 2.34. The highest BCUT2D eigenvalue weighted by molar-refractivity contribution is 7.87. The molecule has 7 nitrogen and oxygen atoms in total. The Morgan fingerprint density at radius 3 is 2.57 bits per heavy atom. The summed E-state index contributed by atoms with van der Waals surface area (Å²) in [4.78, 5) is -2.46. The minimum Gasteiger partial charge on any atom is -0.388 e. The van der Waals surface area contributed by atoms with Gasteiger partial charge in [0.2, 0.25) is 4.93 Å². The van der Waals surface area contributed by atoms with Crippen molar-refractivity contribution in [2.24, 2.45) is 0 Å². The Bertz CT molecular complexity index is 338. The first-order valence-electron chi connectivity index (χ1n) is 3.97. The predicted molar refractivity (Wildman–Crippen MR) is 42.0 cm³/mol. The highest BCUT2D eigenvalue weighted by atomic mass is 32.2. The summed E-state index contributed by atoms with van der Waals surface area (Å²) >= 11 is 0. The minimum atomic E-state index is -4.69. The van der Waals surface area contributed by atoms with Crippen molar-refractivity contribution in [2.45, 2.75) is 23.2 Å². The van der Waals surface area contributed by atoms with Crippen molar-refractivity contribution >= 4 is 10.1 Å². The molecule has 3 N–H and O–H groups in total. The molecule has 0 aromatic rings. The lowest BCUT2D eigenvalue weighted by atomic mass is 10.1. The van der Waals surface area contributed by atoms with E-state index >= 15 is 0 Å². The fourth-order valence-corrected chi connectivity index (χ4v) is 2.41. The van der Waals surface area contributed by atoms with Gasteiger partial charge in [-0.25, -0.2) is 0 Å². The molecule has 0 aromatic heterocycles. The zero-order valence-electron chi connectivity index (χ0n) is 7.03. The number of aliphatic hydroxyl groups excluding tert-OH is 1.